The third-order valence-corrected chi connectivity index (χ3v) is 1.73. The lowest BCUT2D eigenvalue weighted by Crippen LogP contribution is -2.30. The Bertz CT molecular complexity index is 123. The van der Waals surface area contributed by atoms with Gasteiger partial charge in [0, 0.05) is 0 Å². The Morgan fingerprint density at radius 1 is 1.60 bits per heavy atom. The average molecular weight is 148 g/mol. The van der Waals surface area contributed by atoms with Crippen LogP contribution in [0.5, 0.6) is 0 Å². The molecule has 0 aliphatic carbocycles. The van der Waals surface area contributed by atoms with Crippen LogP contribution in [0, 0.1) is 0 Å². The zero-order valence-corrected chi connectivity index (χ0v) is 5.70. The second-order valence-corrected chi connectivity index (χ2v) is 2.50. The first-order chi connectivity index (χ1) is 4.66. The lowest BCUT2D eigenvalue weighted by atomic mass is 9.94. The van der Waals surface area contributed by atoms with Gasteiger partial charge in [0.25, 0.3) is 0 Å². The van der Waals surface area contributed by atoms with Crippen LogP contribution in [0.15, 0.2) is 0 Å². The Morgan fingerprint density at radius 2 is 2.20 bits per heavy atom. The van der Waals surface area contributed by atoms with E-state index in [-0.39, 0.29) is 6.61 Å². The van der Waals surface area contributed by atoms with Crippen molar-refractivity contribution in [2.75, 3.05) is 6.61 Å². The van der Waals surface area contributed by atoms with Crippen molar-refractivity contribution in [3.63, 3.8) is 0 Å². The van der Waals surface area contributed by atoms with E-state index in [0.717, 1.165) is 0 Å². The van der Waals surface area contributed by atoms with Gasteiger partial charge in [-0.1, -0.05) is 0 Å². The van der Waals surface area contributed by atoms with Crippen LogP contribution < -0.4 is 0 Å². The topological polar surface area (TPSA) is 49.7 Å². The molecule has 10 heavy (non-hydrogen) atoms. The van der Waals surface area contributed by atoms with E-state index in [0.29, 0.717) is 0 Å². The molecule has 1 fully saturated rings. The Labute approximate surface area is 59.2 Å². The van der Waals surface area contributed by atoms with Gasteiger partial charge in [-0.2, -0.15) is 0 Å². The Morgan fingerprint density at radius 3 is 2.40 bits per heavy atom. The van der Waals surface area contributed by atoms with Crippen molar-refractivity contribution in [2.45, 2.75) is 24.4 Å². The summed E-state index contributed by atoms with van der Waals surface area (Å²) in [7, 11) is 1.58. The van der Waals surface area contributed by atoms with Gasteiger partial charge in [-0.3, -0.25) is 0 Å². The third kappa shape index (κ3) is 1.16. The minimum atomic E-state index is -1.44. The highest BCUT2D eigenvalue weighted by molar-refractivity contribution is 6.11. The molecule has 0 radical (unpaired) electrons. The standard InChI is InChI=1S/C5H10BFO3/c6-5-4(9)3(7)2(1-8)10-5/h2-5,8-9H,1,6H2/t2-,3?,4?,5?/m1/s1. The van der Waals surface area contributed by atoms with E-state index in [9.17, 15) is 4.39 Å². The predicted molar refractivity (Wildman–Crippen MR) is 35.2 cm³/mol. The van der Waals surface area contributed by atoms with Crippen molar-refractivity contribution >= 4 is 7.85 Å². The van der Waals surface area contributed by atoms with Gasteiger partial charge in [-0.05, 0) is 0 Å². The zero-order chi connectivity index (χ0) is 7.72. The molecule has 5 heteroatoms. The van der Waals surface area contributed by atoms with Crippen molar-refractivity contribution < 1.29 is 19.3 Å². The maximum Gasteiger partial charge on any atom is 0.156 e. The summed E-state index contributed by atoms with van der Waals surface area (Å²) in [5, 5.41) is 17.5. The number of rotatable bonds is 1. The van der Waals surface area contributed by atoms with Crippen LogP contribution in [-0.2, 0) is 4.74 Å². The van der Waals surface area contributed by atoms with Crippen molar-refractivity contribution in [2.24, 2.45) is 0 Å². The summed E-state index contributed by atoms with van der Waals surface area (Å²) in [6, 6.07) is -0.507. The van der Waals surface area contributed by atoms with Gasteiger partial charge in [-0.25, -0.2) is 4.39 Å². The zero-order valence-electron chi connectivity index (χ0n) is 5.70. The van der Waals surface area contributed by atoms with Gasteiger partial charge in [0.15, 0.2) is 6.17 Å². The highest BCUT2D eigenvalue weighted by Gasteiger charge is 2.40. The predicted octanol–water partition coefficient (Wildman–Crippen LogP) is -1.96. The fourth-order valence-corrected chi connectivity index (χ4v) is 1.05. The van der Waals surface area contributed by atoms with Crippen LogP contribution in [-0.4, -0.2) is 49.0 Å². The van der Waals surface area contributed by atoms with Crippen molar-refractivity contribution in [3.8, 4) is 0 Å². The molecule has 58 valence electrons. The summed E-state index contributed by atoms with van der Waals surface area (Å²) in [6.45, 7) is -0.372. The minimum Gasteiger partial charge on any atom is -0.394 e. The SMILES string of the molecule is BC1O[C@H](CO)C(F)C1O. The summed E-state index contributed by atoms with van der Waals surface area (Å²) >= 11 is 0. The Balaban J connectivity index is 2.53. The Kier molecular flexibility index (Phi) is 2.28. The molecule has 0 bridgehead atoms. The van der Waals surface area contributed by atoms with E-state index in [1.165, 1.54) is 0 Å². The molecule has 1 heterocycles. The monoisotopic (exact) mass is 148 g/mol. The average Bonchev–Trinajstić information content (AvgIpc) is 2.17. The maximum atomic E-state index is 12.7. The fourth-order valence-electron chi connectivity index (χ4n) is 1.05. The molecule has 0 amide bonds. The molecule has 1 aliphatic heterocycles. The summed E-state index contributed by atoms with van der Waals surface area (Å²) in [6.07, 6.45) is -3.37. The van der Waals surface area contributed by atoms with Crippen molar-refractivity contribution in [1.29, 1.82) is 0 Å². The van der Waals surface area contributed by atoms with Crippen LogP contribution >= 0.6 is 0 Å². The summed E-state index contributed by atoms with van der Waals surface area (Å²) in [5.41, 5.74) is 0. The molecule has 1 saturated heterocycles. The molecule has 1 aliphatic rings. The van der Waals surface area contributed by atoms with Crippen molar-refractivity contribution in [3.05, 3.63) is 0 Å². The first-order valence-electron chi connectivity index (χ1n) is 3.25. The van der Waals surface area contributed by atoms with Crippen LogP contribution in [0.2, 0.25) is 0 Å². The molecule has 3 nitrogen and oxygen atoms in total. The molecule has 2 N–H and O–H groups in total. The second-order valence-electron chi connectivity index (χ2n) is 2.50. The van der Waals surface area contributed by atoms with Gasteiger partial charge in [-0.15, -0.1) is 0 Å². The molecule has 3 unspecified atom stereocenters. The van der Waals surface area contributed by atoms with Gasteiger partial charge in [0.1, 0.15) is 20.1 Å². The number of alkyl halides is 1. The van der Waals surface area contributed by atoms with Crippen molar-refractivity contribution in [1.82, 2.24) is 0 Å². The van der Waals surface area contributed by atoms with E-state index in [2.05, 4.69) is 0 Å². The van der Waals surface area contributed by atoms with Gasteiger partial charge < -0.3 is 14.9 Å². The van der Waals surface area contributed by atoms with E-state index >= 15 is 0 Å². The molecule has 1 rings (SSSR count). The molecule has 0 spiro atoms. The van der Waals surface area contributed by atoms with Gasteiger partial charge in [0.2, 0.25) is 0 Å². The molecular formula is C5H10BFO3. The molecule has 0 saturated carbocycles. The number of hydrogen-bond donors (Lipinski definition) is 2. The molecule has 0 aromatic rings. The van der Waals surface area contributed by atoms with Gasteiger partial charge in [0.05, 0.1) is 12.6 Å². The van der Waals surface area contributed by atoms with Crippen LogP contribution in [0.1, 0.15) is 0 Å². The number of hydrogen-bond acceptors (Lipinski definition) is 3. The number of ether oxygens (including phenoxy) is 1. The third-order valence-electron chi connectivity index (χ3n) is 1.73. The molecular weight excluding hydrogens is 138 g/mol. The molecule has 4 atom stereocenters. The normalized spacial score (nSPS) is 47.9. The number of aliphatic hydroxyl groups excluding tert-OH is 2. The smallest absolute Gasteiger partial charge is 0.156 e. The minimum absolute atomic E-state index is 0.372. The van der Waals surface area contributed by atoms with Crippen LogP contribution in [0.3, 0.4) is 0 Å². The highest BCUT2D eigenvalue weighted by Crippen LogP contribution is 2.21. The van der Waals surface area contributed by atoms with Crippen LogP contribution in [0.4, 0.5) is 4.39 Å². The first-order valence-corrected chi connectivity index (χ1v) is 3.25. The highest BCUT2D eigenvalue weighted by atomic mass is 19.1. The lowest BCUT2D eigenvalue weighted by Gasteiger charge is -2.07. The van der Waals surface area contributed by atoms with Crippen LogP contribution in [0.25, 0.3) is 0 Å². The lowest BCUT2D eigenvalue weighted by molar-refractivity contribution is 0.0184. The number of halogens is 1. The second kappa shape index (κ2) is 2.86. The van der Waals surface area contributed by atoms with E-state index in [1.807, 2.05) is 0 Å². The summed E-state index contributed by atoms with van der Waals surface area (Å²) in [4.78, 5) is 0. The maximum absolute atomic E-state index is 12.7. The number of aliphatic hydroxyl groups is 2. The molecule has 0 aromatic carbocycles. The Hall–Kier alpha value is -0.125. The van der Waals surface area contributed by atoms with E-state index in [4.69, 9.17) is 14.9 Å². The van der Waals surface area contributed by atoms with E-state index in [1.54, 1.807) is 7.85 Å². The van der Waals surface area contributed by atoms with E-state index < -0.39 is 24.4 Å². The quantitative estimate of drug-likeness (QED) is 0.424. The first kappa shape index (κ1) is 7.98. The molecule has 0 aromatic heterocycles. The fraction of sp³-hybridized carbons (Fsp3) is 1.00. The largest absolute Gasteiger partial charge is 0.394 e. The summed E-state index contributed by atoms with van der Waals surface area (Å²) in [5.74, 6) is 0. The van der Waals surface area contributed by atoms with Gasteiger partial charge >= 0.3 is 0 Å². The summed E-state index contributed by atoms with van der Waals surface area (Å²) < 4.78 is 17.6.